The van der Waals surface area contributed by atoms with Gasteiger partial charge in [-0.25, -0.2) is 4.79 Å². The van der Waals surface area contributed by atoms with E-state index in [9.17, 15) is 14.4 Å². The molecule has 0 fully saturated rings. The van der Waals surface area contributed by atoms with Crippen LogP contribution in [0.25, 0.3) is 0 Å². The number of carbonyl (C=O) groups excluding carboxylic acids is 2. The third kappa shape index (κ3) is 4.39. The fourth-order valence-electron chi connectivity index (χ4n) is 1.26. The zero-order valence-electron chi connectivity index (χ0n) is 10.1. The third-order valence-electron chi connectivity index (χ3n) is 2.09. The van der Waals surface area contributed by atoms with Crippen molar-refractivity contribution in [1.82, 2.24) is 10.5 Å². The van der Waals surface area contributed by atoms with Crippen molar-refractivity contribution in [3.05, 3.63) is 17.5 Å². The van der Waals surface area contributed by atoms with Gasteiger partial charge in [-0.1, -0.05) is 5.16 Å². The Morgan fingerprint density at radius 3 is 2.79 bits per heavy atom. The van der Waals surface area contributed by atoms with E-state index in [1.807, 2.05) is 0 Å². The molecule has 0 aliphatic heterocycles. The Labute approximate surface area is 107 Å². The summed E-state index contributed by atoms with van der Waals surface area (Å²) in [5.41, 5.74) is 4.78. The van der Waals surface area contributed by atoms with Crippen LogP contribution in [-0.2, 0) is 20.9 Å². The number of hydrogen-bond acceptors (Lipinski definition) is 6. The van der Waals surface area contributed by atoms with Gasteiger partial charge in [-0.15, -0.1) is 0 Å². The lowest BCUT2D eigenvalue weighted by Crippen LogP contribution is -2.43. The van der Waals surface area contributed by atoms with Crippen LogP contribution in [0.5, 0.6) is 0 Å². The molecule has 0 unspecified atom stereocenters. The number of amides is 2. The first-order chi connectivity index (χ1) is 8.93. The van der Waals surface area contributed by atoms with Crippen LogP contribution >= 0.6 is 0 Å². The Morgan fingerprint density at radius 2 is 2.26 bits per heavy atom. The second kappa shape index (κ2) is 6.50. The quantitative estimate of drug-likeness (QED) is 0.569. The lowest BCUT2D eigenvalue weighted by molar-refractivity contribution is -0.140. The molecule has 1 atom stereocenters. The summed E-state index contributed by atoms with van der Waals surface area (Å²) in [4.78, 5) is 33.2. The Bertz CT molecular complexity index is 483. The van der Waals surface area contributed by atoms with Crippen LogP contribution in [0, 0.1) is 0 Å². The number of ether oxygens (including phenoxy) is 1. The summed E-state index contributed by atoms with van der Waals surface area (Å²) in [6, 6.07) is -0.102. The molecule has 9 nitrogen and oxygen atoms in total. The molecule has 0 aliphatic rings. The highest BCUT2D eigenvalue weighted by atomic mass is 16.5. The van der Waals surface area contributed by atoms with Gasteiger partial charge in [0.25, 0.3) is 5.91 Å². The first-order valence-electron chi connectivity index (χ1n) is 5.20. The van der Waals surface area contributed by atoms with Crippen molar-refractivity contribution < 1.29 is 28.8 Å². The molecule has 0 saturated carbocycles. The van der Waals surface area contributed by atoms with Crippen LogP contribution < -0.4 is 11.1 Å². The molecule has 1 rings (SSSR count). The Hall–Kier alpha value is -2.42. The van der Waals surface area contributed by atoms with Crippen LogP contribution in [0.1, 0.15) is 22.7 Å². The molecule has 0 saturated heterocycles. The maximum Gasteiger partial charge on any atom is 0.326 e. The summed E-state index contributed by atoms with van der Waals surface area (Å²) in [6.07, 6.45) is -0.510. The largest absolute Gasteiger partial charge is 0.480 e. The van der Waals surface area contributed by atoms with Crippen molar-refractivity contribution in [3.63, 3.8) is 0 Å². The minimum absolute atomic E-state index is 0.109. The number of carboxylic acid groups (broad SMARTS) is 1. The standard InChI is InChI=1S/C10H13N3O6/c1-18-4-5-2-6(13-19-5)9(15)12-7(10(16)17)3-8(11)14/h2,7H,3-4H2,1H3,(H2,11,14)(H,12,15)(H,16,17)/t7-/m1/s1. The normalized spacial score (nSPS) is 11.8. The molecule has 0 spiro atoms. The van der Waals surface area contributed by atoms with E-state index >= 15 is 0 Å². The molecule has 1 heterocycles. The van der Waals surface area contributed by atoms with Crippen LogP contribution in [-0.4, -0.2) is 41.2 Å². The van der Waals surface area contributed by atoms with Crippen LogP contribution in [0.15, 0.2) is 10.6 Å². The molecular weight excluding hydrogens is 258 g/mol. The van der Waals surface area contributed by atoms with Gasteiger partial charge in [-0.3, -0.25) is 9.59 Å². The molecule has 1 aromatic heterocycles. The average Bonchev–Trinajstić information content (AvgIpc) is 2.76. The molecular formula is C10H13N3O6. The number of hydrogen-bond donors (Lipinski definition) is 3. The number of rotatable bonds is 7. The molecule has 9 heteroatoms. The predicted octanol–water partition coefficient (Wildman–Crippen LogP) is -1.12. The van der Waals surface area contributed by atoms with E-state index in [1.165, 1.54) is 13.2 Å². The second-order valence-electron chi connectivity index (χ2n) is 3.65. The topological polar surface area (TPSA) is 145 Å². The minimum atomic E-state index is -1.41. The first kappa shape index (κ1) is 14.6. The highest BCUT2D eigenvalue weighted by molar-refractivity contribution is 5.96. The van der Waals surface area contributed by atoms with Gasteiger partial charge in [0.2, 0.25) is 5.91 Å². The summed E-state index contributed by atoms with van der Waals surface area (Å²) >= 11 is 0. The van der Waals surface area contributed by atoms with Crippen molar-refractivity contribution in [2.75, 3.05) is 7.11 Å². The third-order valence-corrected chi connectivity index (χ3v) is 2.09. The number of carboxylic acids is 1. The number of methoxy groups -OCH3 is 1. The minimum Gasteiger partial charge on any atom is -0.480 e. The summed E-state index contributed by atoms with van der Waals surface area (Å²) in [5, 5.41) is 14.4. The number of primary amides is 1. The Morgan fingerprint density at radius 1 is 1.58 bits per heavy atom. The maximum atomic E-state index is 11.7. The summed E-state index contributed by atoms with van der Waals surface area (Å²) in [5.74, 6) is -2.67. The van der Waals surface area contributed by atoms with E-state index in [1.54, 1.807) is 0 Å². The lowest BCUT2D eigenvalue weighted by atomic mass is 10.2. The second-order valence-corrected chi connectivity index (χ2v) is 3.65. The zero-order valence-corrected chi connectivity index (χ0v) is 10.1. The van der Waals surface area contributed by atoms with Crippen LogP contribution in [0.3, 0.4) is 0 Å². The first-order valence-corrected chi connectivity index (χ1v) is 5.20. The summed E-state index contributed by atoms with van der Waals surface area (Å²) in [6.45, 7) is 0.129. The predicted molar refractivity (Wildman–Crippen MR) is 59.9 cm³/mol. The van der Waals surface area contributed by atoms with Gasteiger partial charge in [0.15, 0.2) is 11.5 Å². The monoisotopic (exact) mass is 271 g/mol. The van der Waals surface area contributed by atoms with E-state index in [2.05, 4.69) is 10.5 Å². The summed E-state index contributed by atoms with van der Waals surface area (Å²) in [7, 11) is 1.44. The molecule has 0 bridgehead atoms. The fourth-order valence-corrected chi connectivity index (χ4v) is 1.26. The van der Waals surface area contributed by atoms with Gasteiger partial charge in [-0.2, -0.15) is 0 Å². The maximum absolute atomic E-state index is 11.7. The van der Waals surface area contributed by atoms with Gasteiger partial charge in [0.1, 0.15) is 12.6 Å². The highest BCUT2D eigenvalue weighted by Crippen LogP contribution is 2.05. The highest BCUT2D eigenvalue weighted by Gasteiger charge is 2.24. The Kier molecular flexibility index (Phi) is 5.01. The van der Waals surface area contributed by atoms with Gasteiger partial charge in [-0.05, 0) is 0 Å². The Balaban J connectivity index is 2.70. The molecule has 0 aromatic carbocycles. The summed E-state index contributed by atoms with van der Waals surface area (Å²) < 4.78 is 9.55. The van der Waals surface area contributed by atoms with Crippen molar-refractivity contribution in [1.29, 1.82) is 0 Å². The van der Waals surface area contributed by atoms with Crippen molar-refractivity contribution in [2.24, 2.45) is 5.73 Å². The zero-order chi connectivity index (χ0) is 14.4. The number of nitrogens with zero attached hydrogens (tertiary/aromatic N) is 1. The van der Waals surface area contributed by atoms with Gasteiger partial charge in [0.05, 0.1) is 6.42 Å². The molecule has 104 valence electrons. The van der Waals surface area contributed by atoms with E-state index in [4.69, 9.17) is 20.1 Å². The number of carbonyl (C=O) groups is 3. The van der Waals surface area contributed by atoms with Crippen molar-refractivity contribution in [2.45, 2.75) is 19.1 Å². The van der Waals surface area contributed by atoms with E-state index in [0.29, 0.717) is 5.76 Å². The van der Waals surface area contributed by atoms with Crippen molar-refractivity contribution in [3.8, 4) is 0 Å². The molecule has 2 amide bonds. The number of aliphatic carboxylic acids is 1. The number of aromatic nitrogens is 1. The van der Waals surface area contributed by atoms with E-state index < -0.39 is 30.2 Å². The van der Waals surface area contributed by atoms with E-state index in [-0.39, 0.29) is 12.3 Å². The van der Waals surface area contributed by atoms with Gasteiger partial charge < -0.3 is 25.4 Å². The molecule has 19 heavy (non-hydrogen) atoms. The number of nitrogens with one attached hydrogen (secondary N) is 1. The van der Waals surface area contributed by atoms with E-state index in [0.717, 1.165) is 0 Å². The van der Waals surface area contributed by atoms with Gasteiger partial charge in [0, 0.05) is 13.2 Å². The van der Waals surface area contributed by atoms with Crippen molar-refractivity contribution >= 4 is 17.8 Å². The average molecular weight is 271 g/mol. The molecule has 1 aromatic rings. The molecule has 0 aliphatic carbocycles. The fraction of sp³-hybridized carbons (Fsp3) is 0.400. The SMILES string of the molecule is COCc1cc(C(=O)N[C@H](CC(N)=O)C(=O)O)no1. The molecule has 0 radical (unpaired) electrons. The lowest BCUT2D eigenvalue weighted by Gasteiger charge is -2.10. The van der Waals surface area contributed by atoms with Crippen LogP contribution in [0.4, 0.5) is 0 Å². The molecule has 4 N–H and O–H groups in total. The van der Waals surface area contributed by atoms with Crippen LogP contribution in [0.2, 0.25) is 0 Å². The van der Waals surface area contributed by atoms with Gasteiger partial charge >= 0.3 is 5.97 Å². The number of nitrogens with two attached hydrogens (primary N) is 1. The smallest absolute Gasteiger partial charge is 0.326 e.